The Morgan fingerprint density at radius 3 is 2.72 bits per heavy atom. The molecule has 0 atom stereocenters. The molecule has 0 saturated heterocycles. The van der Waals surface area contributed by atoms with Gasteiger partial charge < -0.3 is 14.0 Å². The van der Waals surface area contributed by atoms with E-state index >= 15 is 0 Å². The molecule has 1 heterocycles. The number of imidazole rings is 1. The van der Waals surface area contributed by atoms with Crippen molar-refractivity contribution in [2.45, 2.75) is 6.54 Å². The van der Waals surface area contributed by atoms with Crippen LogP contribution in [-0.2, 0) is 6.54 Å². The molecule has 18 heavy (non-hydrogen) atoms. The third kappa shape index (κ3) is 2.91. The summed E-state index contributed by atoms with van der Waals surface area (Å²) in [6, 6.07) is 5.84. The summed E-state index contributed by atoms with van der Waals surface area (Å²) in [5, 5.41) is 0. The summed E-state index contributed by atoms with van der Waals surface area (Å²) in [7, 11) is 3.27. The standard InChI is InChI=1S/C14H16N2O2/c1-17-13-6-5-12(10-14(13)18-2)4-3-8-16-9-7-15-11-16/h3-7,9-11H,8H2,1-2H3/b4-3+. The predicted molar refractivity (Wildman–Crippen MR) is 70.8 cm³/mol. The number of rotatable bonds is 5. The lowest BCUT2D eigenvalue weighted by Gasteiger charge is -2.07. The number of nitrogens with zero attached hydrogens (tertiary/aromatic N) is 2. The Morgan fingerprint density at radius 1 is 1.22 bits per heavy atom. The molecule has 0 N–H and O–H groups in total. The fourth-order valence-electron chi connectivity index (χ4n) is 1.66. The van der Waals surface area contributed by atoms with Crippen molar-refractivity contribution in [1.82, 2.24) is 9.55 Å². The molecule has 0 bridgehead atoms. The predicted octanol–water partition coefficient (Wildman–Crippen LogP) is 2.61. The number of hydrogen-bond acceptors (Lipinski definition) is 3. The molecule has 0 aliphatic heterocycles. The largest absolute Gasteiger partial charge is 0.493 e. The van der Waals surface area contributed by atoms with E-state index in [0.717, 1.165) is 23.6 Å². The number of aromatic nitrogens is 2. The second-order valence-corrected chi connectivity index (χ2v) is 3.78. The monoisotopic (exact) mass is 244 g/mol. The lowest BCUT2D eigenvalue weighted by Crippen LogP contribution is -1.91. The Kier molecular flexibility index (Phi) is 4.02. The summed E-state index contributed by atoms with van der Waals surface area (Å²) in [5.74, 6) is 1.48. The van der Waals surface area contributed by atoms with Gasteiger partial charge in [0.05, 0.1) is 20.5 Å². The molecule has 1 aromatic carbocycles. The molecular formula is C14H16N2O2. The Labute approximate surface area is 106 Å². The zero-order chi connectivity index (χ0) is 12.8. The molecule has 1 aromatic heterocycles. The van der Waals surface area contributed by atoms with Crippen molar-refractivity contribution in [2.75, 3.05) is 14.2 Å². The summed E-state index contributed by atoms with van der Waals surface area (Å²) < 4.78 is 12.4. The van der Waals surface area contributed by atoms with Crippen LogP contribution in [0.1, 0.15) is 5.56 Å². The first kappa shape index (κ1) is 12.2. The van der Waals surface area contributed by atoms with E-state index in [9.17, 15) is 0 Å². The molecule has 2 rings (SSSR count). The van der Waals surface area contributed by atoms with Gasteiger partial charge in [-0.05, 0) is 17.7 Å². The van der Waals surface area contributed by atoms with E-state index in [-0.39, 0.29) is 0 Å². The maximum absolute atomic E-state index is 5.25. The molecule has 2 aromatic rings. The fourth-order valence-corrected chi connectivity index (χ4v) is 1.66. The highest BCUT2D eigenvalue weighted by molar-refractivity contribution is 5.55. The first-order valence-corrected chi connectivity index (χ1v) is 5.68. The van der Waals surface area contributed by atoms with Gasteiger partial charge in [0.15, 0.2) is 11.5 Å². The third-order valence-electron chi connectivity index (χ3n) is 2.59. The van der Waals surface area contributed by atoms with Crippen molar-refractivity contribution in [3.05, 3.63) is 48.6 Å². The van der Waals surface area contributed by atoms with Crippen LogP contribution in [0, 0.1) is 0 Å². The first-order chi connectivity index (χ1) is 8.83. The molecule has 0 amide bonds. The van der Waals surface area contributed by atoms with E-state index in [1.807, 2.05) is 35.0 Å². The van der Waals surface area contributed by atoms with Crippen LogP contribution in [0.5, 0.6) is 11.5 Å². The van der Waals surface area contributed by atoms with Crippen molar-refractivity contribution in [3.63, 3.8) is 0 Å². The van der Waals surface area contributed by atoms with E-state index in [1.54, 1.807) is 26.7 Å². The van der Waals surface area contributed by atoms with E-state index in [1.165, 1.54) is 0 Å². The number of allylic oxidation sites excluding steroid dienone is 1. The van der Waals surface area contributed by atoms with Crippen molar-refractivity contribution in [3.8, 4) is 11.5 Å². The van der Waals surface area contributed by atoms with Gasteiger partial charge >= 0.3 is 0 Å². The van der Waals surface area contributed by atoms with Gasteiger partial charge in [0.25, 0.3) is 0 Å². The van der Waals surface area contributed by atoms with Gasteiger partial charge in [0.1, 0.15) is 0 Å². The lowest BCUT2D eigenvalue weighted by molar-refractivity contribution is 0.355. The van der Waals surface area contributed by atoms with E-state index in [2.05, 4.69) is 11.1 Å². The quantitative estimate of drug-likeness (QED) is 0.811. The van der Waals surface area contributed by atoms with Crippen molar-refractivity contribution >= 4 is 6.08 Å². The third-order valence-corrected chi connectivity index (χ3v) is 2.59. The number of benzene rings is 1. The molecule has 4 nitrogen and oxygen atoms in total. The Balaban J connectivity index is 2.07. The second kappa shape index (κ2) is 5.91. The van der Waals surface area contributed by atoms with Crippen molar-refractivity contribution in [2.24, 2.45) is 0 Å². The number of hydrogen-bond donors (Lipinski definition) is 0. The molecule has 0 spiro atoms. The Bertz CT molecular complexity index is 519. The summed E-state index contributed by atoms with van der Waals surface area (Å²) in [6.07, 6.45) is 9.60. The van der Waals surface area contributed by atoms with Gasteiger partial charge in [-0.2, -0.15) is 0 Å². The average molecular weight is 244 g/mol. The molecule has 0 aliphatic rings. The SMILES string of the molecule is COc1ccc(/C=C/Cn2ccnc2)cc1OC. The van der Waals surface area contributed by atoms with E-state index < -0.39 is 0 Å². The van der Waals surface area contributed by atoms with Crippen LogP contribution in [0.25, 0.3) is 6.08 Å². The maximum Gasteiger partial charge on any atom is 0.161 e. The minimum absolute atomic E-state index is 0.738. The molecule has 0 radical (unpaired) electrons. The maximum atomic E-state index is 5.25. The second-order valence-electron chi connectivity index (χ2n) is 3.78. The van der Waals surface area contributed by atoms with E-state index in [4.69, 9.17) is 9.47 Å². The van der Waals surface area contributed by atoms with Crippen LogP contribution >= 0.6 is 0 Å². The summed E-state index contributed by atoms with van der Waals surface area (Å²) >= 11 is 0. The Morgan fingerprint density at radius 2 is 2.06 bits per heavy atom. The summed E-state index contributed by atoms with van der Waals surface area (Å²) in [6.45, 7) is 0.800. The van der Waals surface area contributed by atoms with Crippen LogP contribution in [0.4, 0.5) is 0 Å². The van der Waals surface area contributed by atoms with Crippen LogP contribution in [0.3, 0.4) is 0 Å². The topological polar surface area (TPSA) is 36.3 Å². The average Bonchev–Trinajstić information content (AvgIpc) is 2.91. The number of methoxy groups -OCH3 is 2. The van der Waals surface area contributed by atoms with Crippen molar-refractivity contribution in [1.29, 1.82) is 0 Å². The van der Waals surface area contributed by atoms with Gasteiger partial charge in [0, 0.05) is 18.9 Å². The van der Waals surface area contributed by atoms with Crippen LogP contribution in [-0.4, -0.2) is 23.8 Å². The highest BCUT2D eigenvalue weighted by atomic mass is 16.5. The molecule has 4 heteroatoms. The summed E-state index contributed by atoms with van der Waals surface area (Å²) in [4.78, 5) is 3.99. The lowest BCUT2D eigenvalue weighted by atomic mass is 10.2. The van der Waals surface area contributed by atoms with Gasteiger partial charge in [-0.25, -0.2) is 4.98 Å². The minimum atomic E-state index is 0.738. The van der Waals surface area contributed by atoms with Crippen LogP contribution < -0.4 is 9.47 Å². The molecular weight excluding hydrogens is 228 g/mol. The summed E-state index contributed by atoms with van der Waals surface area (Å²) in [5.41, 5.74) is 1.08. The van der Waals surface area contributed by atoms with Crippen molar-refractivity contribution < 1.29 is 9.47 Å². The minimum Gasteiger partial charge on any atom is -0.493 e. The number of ether oxygens (including phenoxy) is 2. The fraction of sp³-hybridized carbons (Fsp3) is 0.214. The highest BCUT2D eigenvalue weighted by Crippen LogP contribution is 2.27. The highest BCUT2D eigenvalue weighted by Gasteiger charge is 2.02. The van der Waals surface area contributed by atoms with Gasteiger partial charge in [0.2, 0.25) is 0 Å². The molecule has 0 unspecified atom stereocenters. The molecule has 0 fully saturated rings. The van der Waals surface area contributed by atoms with E-state index in [0.29, 0.717) is 0 Å². The normalized spacial score (nSPS) is 10.8. The smallest absolute Gasteiger partial charge is 0.161 e. The van der Waals surface area contributed by atoms with Gasteiger partial charge in [-0.15, -0.1) is 0 Å². The van der Waals surface area contributed by atoms with Gasteiger partial charge in [-0.3, -0.25) is 0 Å². The Hall–Kier alpha value is -2.23. The molecule has 0 aliphatic carbocycles. The van der Waals surface area contributed by atoms with Gasteiger partial charge in [-0.1, -0.05) is 18.2 Å². The first-order valence-electron chi connectivity index (χ1n) is 5.68. The molecule has 94 valence electrons. The zero-order valence-electron chi connectivity index (χ0n) is 10.5. The van der Waals surface area contributed by atoms with Crippen LogP contribution in [0.15, 0.2) is 43.0 Å². The zero-order valence-corrected chi connectivity index (χ0v) is 10.5. The molecule has 0 saturated carbocycles. The van der Waals surface area contributed by atoms with Crippen LogP contribution in [0.2, 0.25) is 0 Å².